The van der Waals surface area contributed by atoms with E-state index in [9.17, 15) is 19.5 Å². The predicted molar refractivity (Wildman–Crippen MR) is 85.2 cm³/mol. The van der Waals surface area contributed by atoms with Crippen LogP contribution in [0.5, 0.6) is 0 Å². The molecule has 7 heteroatoms. The second kappa shape index (κ2) is 7.09. The van der Waals surface area contributed by atoms with E-state index < -0.39 is 23.8 Å². The number of carbonyl (C=O) groups excluding carboxylic acids is 2. The maximum absolute atomic E-state index is 12.4. The lowest BCUT2D eigenvalue weighted by Gasteiger charge is -2.26. The van der Waals surface area contributed by atoms with Crippen LogP contribution in [-0.2, 0) is 19.1 Å². The molecule has 1 aliphatic carbocycles. The van der Waals surface area contributed by atoms with Crippen molar-refractivity contribution in [2.75, 3.05) is 13.7 Å². The number of hydrogen-bond donors (Lipinski definition) is 2. The molecule has 3 fully saturated rings. The molecular weight excluding hydrogens is 312 g/mol. The van der Waals surface area contributed by atoms with E-state index in [1.54, 1.807) is 0 Å². The highest BCUT2D eigenvalue weighted by Gasteiger charge is 2.59. The molecule has 2 bridgehead atoms. The van der Waals surface area contributed by atoms with E-state index in [1.807, 2.05) is 4.90 Å². The molecule has 0 aromatic heterocycles. The number of fused-ring (bicyclic) bond motifs is 2. The lowest BCUT2D eigenvalue weighted by atomic mass is 9.79. The van der Waals surface area contributed by atoms with Crippen LogP contribution >= 0.6 is 0 Å². The van der Waals surface area contributed by atoms with Gasteiger partial charge >= 0.3 is 11.9 Å². The molecule has 3 rings (SSSR count). The Labute approximate surface area is 141 Å². The Morgan fingerprint density at radius 3 is 2.25 bits per heavy atom. The fourth-order valence-corrected chi connectivity index (χ4v) is 4.85. The Morgan fingerprint density at radius 2 is 1.67 bits per heavy atom. The normalized spacial score (nSPS) is 33.4. The minimum Gasteiger partial charge on any atom is -0.481 e. The van der Waals surface area contributed by atoms with Crippen molar-refractivity contribution in [3.8, 4) is 0 Å². The fourth-order valence-electron chi connectivity index (χ4n) is 4.85. The van der Waals surface area contributed by atoms with Crippen molar-refractivity contribution < 1.29 is 24.2 Å². The second-order valence-electron chi connectivity index (χ2n) is 7.20. The average Bonchev–Trinajstić information content (AvgIpc) is 3.09. The molecule has 0 radical (unpaired) electrons. The number of hydrogen-bond acceptors (Lipinski definition) is 5. The van der Waals surface area contributed by atoms with Gasteiger partial charge in [-0.15, -0.1) is 0 Å². The highest BCUT2D eigenvalue weighted by atomic mass is 16.5. The van der Waals surface area contributed by atoms with Gasteiger partial charge in [-0.25, -0.2) is 0 Å². The topological polar surface area (TPSA) is 95.9 Å². The van der Waals surface area contributed by atoms with E-state index in [4.69, 9.17) is 4.74 Å². The number of carbonyl (C=O) groups is 3. The first-order valence-corrected chi connectivity index (χ1v) is 8.88. The SMILES string of the molecule is COC(=O)[C@H]1[C@H](C(=O)O)[C@@H]2CC[C@H]1N2CC(=O)NC1CCCCC1. The maximum Gasteiger partial charge on any atom is 0.311 e. The number of nitrogens with one attached hydrogen (secondary N) is 1. The van der Waals surface area contributed by atoms with Crippen molar-refractivity contribution in [3.05, 3.63) is 0 Å². The van der Waals surface area contributed by atoms with Crippen molar-refractivity contribution in [2.45, 2.75) is 63.1 Å². The van der Waals surface area contributed by atoms with Crippen LogP contribution in [-0.4, -0.2) is 59.6 Å². The van der Waals surface area contributed by atoms with Gasteiger partial charge in [0.2, 0.25) is 5.91 Å². The summed E-state index contributed by atoms with van der Waals surface area (Å²) in [7, 11) is 1.29. The van der Waals surface area contributed by atoms with Gasteiger partial charge in [-0.2, -0.15) is 0 Å². The predicted octanol–water partition coefficient (Wildman–Crippen LogP) is 0.772. The van der Waals surface area contributed by atoms with E-state index >= 15 is 0 Å². The molecule has 134 valence electrons. The van der Waals surface area contributed by atoms with Crippen molar-refractivity contribution in [3.63, 3.8) is 0 Å². The first-order chi connectivity index (χ1) is 11.5. The Balaban J connectivity index is 1.66. The van der Waals surface area contributed by atoms with Crippen LogP contribution in [0.1, 0.15) is 44.9 Å². The number of aliphatic carboxylic acids is 1. The van der Waals surface area contributed by atoms with Gasteiger partial charge in [-0.1, -0.05) is 19.3 Å². The number of carboxylic acids is 1. The third-order valence-corrected chi connectivity index (χ3v) is 5.88. The molecule has 0 aromatic carbocycles. The fraction of sp³-hybridized carbons (Fsp3) is 0.824. The van der Waals surface area contributed by atoms with Gasteiger partial charge in [0.25, 0.3) is 0 Å². The highest BCUT2D eigenvalue weighted by Crippen LogP contribution is 2.46. The molecule has 0 spiro atoms. The van der Waals surface area contributed by atoms with Gasteiger partial charge in [0.15, 0.2) is 0 Å². The number of nitrogens with zero attached hydrogens (tertiary/aromatic N) is 1. The lowest BCUT2D eigenvalue weighted by molar-refractivity contribution is -0.156. The lowest BCUT2D eigenvalue weighted by Crippen LogP contribution is -2.45. The van der Waals surface area contributed by atoms with Crippen molar-refractivity contribution >= 4 is 17.8 Å². The van der Waals surface area contributed by atoms with Crippen LogP contribution in [0.15, 0.2) is 0 Å². The Hall–Kier alpha value is -1.63. The minimum absolute atomic E-state index is 0.0616. The summed E-state index contributed by atoms with van der Waals surface area (Å²) in [6.07, 6.45) is 7.00. The molecule has 0 aromatic rings. The van der Waals surface area contributed by atoms with Crippen molar-refractivity contribution in [2.24, 2.45) is 11.8 Å². The van der Waals surface area contributed by atoms with Crippen molar-refractivity contribution in [1.82, 2.24) is 10.2 Å². The third kappa shape index (κ3) is 3.14. The van der Waals surface area contributed by atoms with Gasteiger partial charge in [0.1, 0.15) is 0 Å². The average molecular weight is 338 g/mol. The maximum atomic E-state index is 12.4. The first kappa shape index (κ1) is 17.2. The number of rotatable bonds is 5. The van der Waals surface area contributed by atoms with E-state index in [1.165, 1.54) is 13.5 Å². The van der Waals surface area contributed by atoms with E-state index in [0.717, 1.165) is 32.1 Å². The first-order valence-electron chi connectivity index (χ1n) is 8.88. The Bertz CT molecular complexity index is 517. The smallest absolute Gasteiger partial charge is 0.311 e. The van der Waals surface area contributed by atoms with Gasteiger partial charge in [0.05, 0.1) is 25.5 Å². The van der Waals surface area contributed by atoms with Gasteiger partial charge in [-0.3, -0.25) is 19.3 Å². The molecule has 0 unspecified atom stereocenters. The number of esters is 1. The molecule has 2 N–H and O–H groups in total. The summed E-state index contributed by atoms with van der Waals surface area (Å²) in [6.45, 7) is 0.170. The summed E-state index contributed by atoms with van der Waals surface area (Å²) in [4.78, 5) is 38.0. The summed E-state index contributed by atoms with van der Waals surface area (Å²) >= 11 is 0. The summed E-state index contributed by atoms with van der Waals surface area (Å²) in [6, 6.07) is -0.229. The summed E-state index contributed by atoms with van der Waals surface area (Å²) in [5.41, 5.74) is 0. The van der Waals surface area contributed by atoms with Crippen LogP contribution in [0.3, 0.4) is 0 Å². The molecule has 1 saturated carbocycles. The minimum atomic E-state index is -0.977. The molecular formula is C17H26N2O5. The van der Waals surface area contributed by atoms with Crippen LogP contribution in [0.2, 0.25) is 0 Å². The zero-order valence-electron chi connectivity index (χ0n) is 14.1. The van der Waals surface area contributed by atoms with Crippen LogP contribution in [0, 0.1) is 11.8 Å². The zero-order valence-corrected chi connectivity index (χ0v) is 14.1. The van der Waals surface area contributed by atoms with Crippen molar-refractivity contribution in [1.29, 1.82) is 0 Å². The van der Waals surface area contributed by atoms with E-state index in [-0.39, 0.29) is 30.6 Å². The number of amides is 1. The summed E-state index contributed by atoms with van der Waals surface area (Å²) in [5, 5.41) is 12.6. The zero-order chi connectivity index (χ0) is 17.3. The van der Waals surface area contributed by atoms with E-state index in [2.05, 4.69) is 5.32 Å². The number of carboxylic acid groups (broad SMARTS) is 1. The Kier molecular flexibility index (Phi) is 5.08. The largest absolute Gasteiger partial charge is 0.481 e. The highest BCUT2D eigenvalue weighted by molar-refractivity contribution is 5.84. The molecule has 7 nitrogen and oxygen atoms in total. The van der Waals surface area contributed by atoms with E-state index in [0.29, 0.717) is 6.42 Å². The third-order valence-electron chi connectivity index (χ3n) is 5.88. The van der Waals surface area contributed by atoms with Gasteiger partial charge < -0.3 is 15.2 Å². The van der Waals surface area contributed by atoms with Crippen LogP contribution in [0.25, 0.3) is 0 Å². The molecule has 2 heterocycles. The molecule has 2 aliphatic heterocycles. The second-order valence-corrected chi connectivity index (χ2v) is 7.20. The summed E-state index contributed by atoms with van der Waals surface area (Å²) in [5.74, 6) is -2.97. The van der Waals surface area contributed by atoms with Crippen LogP contribution in [0.4, 0.5) is 0 Å². The van der Waals surface area contributed by atoms with Crippen LogP contribution < -0.4 is 5.32 Å². The number of ether oxygens (including phenoxy) is 1. The monoisotopic (exact) mass is 338 g/mol. The number of methoxy groups -OCH3 is 1. The molecule has 24 heavy (non-hydrogen) atoms. The summed E-state index contributed by atoms with van der Waals surface area (Å²) < 4.78 is 4.81. The Morgan fingerprint density at radius 1 is 1.04 bits per heavy atom. The molecule has 2 saturated heterocycles. The molecule has 3 aliphatic rings. The molecule has 4 atom stereocenters. The standard InChI is InChI=1S/C17H26N2O5/c1-24-17(23)15-12-8-7-11(14(15)16(21)22)19(12)9-13(20)18-10-5-3-2-4-6-10/h10-12,14-15H,2-9H2,1H3,(H,18,20)(H,21,22)/t11-,12+,14+,15+/m0/s1. The van der Waals surface area contributed by atoms with Gasteiger partial charge in [-0.05, 0) is 25.7 Å². The quantitative estimate of drug-likeness (QED) is 0.719. The molecule has 1 amide bonds. The van der Waals surface area contributed by atoms with Gasteiger partial charge in [0, 0.05) is 18.1 Å².